The van der Waals surface area contributed by atoms with Crippen LogP contribution in [-0.4, -0.2) is 30.9 Å². The number of carbonyl (C=O) groups excluding carboxylic acids is 1. The van der Waals surface area contributed by atoms with Crippen molar-refractivity contribution in [2.45, 2.75) is 40.5 Å². The van der Waals surface area contributed by atoms with Gasteiger partial charge in [0.25, 0.3) is 5.91 Å². The van der Waals surface area contributed by atoms with E-state index in [4.69, 9.17) is 0 Å². The van der Waals surface area contributed by atoms with Crippen LogP contribution < -0.4 is 5.32 Å². The molecule has 21 heavy (non-hydrogen) atoms. The number of anilines is 1. The fourth-order valence-corrected chi connectivity index (χ4v) is 2.11. The van der Waals surface area contributed by atoms with Crippen molar-refractivity contribution in [2.24, 2.45) is 11.8 Å². The Kier molecular flexibility index (Phi) is 7.27. The molecule has 0 heterocycles. The van der Waals surface area contributed by atoms with Gasteiger partial charge in [-0.1, -0.05) is 27.7 Å². The van der Waals surface area contributed by atoms with E-state index in [2.05, 4.69) is 33.0 Å². The van der Waals surface area contributed by atoms with E-state index < -0.39 is 0 Å². The molecule has 0 saturated carbocycles. The highest BCUT2D eigenvalue weighted by atomic mass is 16.2. The van der Waals surface area contributed by atoms with Gasteiger partial charge in [0.15, 0.2) is 0 Å². The highest BCUT2D eigenvalue weighted by Crippen LogP contribution is 2.14. The Morgan fingerprint density at radius 3 is 1.86 bits per heavy atom. The number of nitrogens with zero attached hydrogens (tertiary/aromatic N) is 1. The first-order chi connectivity index (χ1) is 9.93. The lowest BCUT2D eigenvalue weighted by atomic mass is 10.1. The standard InChI is InChI=1S/C18H30N2O/c1-14(2)10-12-20(13-11-15(3)4)18(21)16-6-8-17(19-5)9-7-16/h6-9,14-15,19H,10-13H2,1-5H3. The summed E-state index contributed by atoms with van der Waals surface area (Å²) >= 11 is 0. The molecule has 1 aromatic rings. The first-order valence-electron chi connectivity index (χ1n) is 8.01. The zero-order valence-electron chi connectivity index (χ0n) is 14.1. The number of hydrogen-bond donors (Lipinski definition) is 1. The SMILES string of the molecule is CNc1ccc(C(=O)N(CCC(C)C)CCC(C)C)cc1. The zero-order valence-corrected chi connectivity index (χ0v) is 14.1. The lowest BCUT2D eigenvalue weighted by Gasteiger charge is -2.24. The summed E-state index contributed by atoms with van der Waals surface area (Å²) in [6, 6.07) is 7.73. The van der Waals surface area contributed by atoms with E-state index in [-0.39, 0.29) is 5.91 Å². The highest BCUT2D eigenvalue weighted by molar-refractivity contribution is 5.94. The van der Waals surface area contributed by atoms with Gasteiger partial charge in [-0.3, -0.25) is 4.79 Å². The second kappa shape index (κ2) is 8.71. The largest absolute Gasteiger partial charge is 0.388 e. The predicted molar refractivity (Wildman–Crippen MR) is 90.8 cm³/mol. The smallest absolute Gasteiger partial charge is 0.253 e. The van der Waals surface area contributed by atoms with Gasteiger partial charge in [0.1, 0.15) is 0 Å². The number of rotatable bonds is 8. The van der Waals surface area contributed by atoms with E-state index in [1.165, 1.54) is 0 Å². The summed E-state index contributed by atoms with van der Waals surface area (Å²) in [7, 11) is 1.88. The quantitative estimate of drug-likeness (QED) is 0.775. The summed E-state index contributed by atoms with van der Waals surface area (Å²) in [6.45, 7) is 10.5. The third-order valence-corrected chi connectivity index (χ3v) is 3.66. The molecule has 0 spiro atoms. The van der Waals surface area contributed by atoms with Crippen molar-refractivity contribution < 1.29 is 4.79 Å². The normalized spacial score (nSPS) is 11.0. The molecule has 3 heteroatoms. The Morgan fingerprint density at radius 1 is 1.00 bits per heavy atom. The molecule has 1 rings (SSSR count). The second-order valence-electron chi connectivity index (χ2n) is 6.48. The van der Waals surface area contributed by atoms with E-state index in [1.807, 2.05) is 36.2 Å². The average molecular weight is 290 g/mol. The molecule has 3 nitrogen and oxygen atoms in total. The minimum atomic E-state index is 0.152. The van der Waals surface area contributed by atoms with Crippen molar-refractivity contribution in [3.63, 3.8) is 0 Å². The third kappa shape index (κ3) is 6.19. The first-order valence-corrected chi connectivity index (χ1v) is 8.01. The second-order valence-corrected chi connectivity index (χ2v) is 6.48. The van der Waals surface area contributed by atoms with Crippen LogP contribution in [0.3, 0.4) is 0 Å². The molecule has 0 unspecified atom stereocenters. The van der Waals surface area contributed by atoms with Crippen LogP contribution in [-0.2, 0) is 0 Å². The van der Waals surface area contributed by atoms with Gasteiger partial charge in [-0.05, 0) is 48.9 Å². The Morgan fingerprint density at radius 2 is 1.48 bits per heavy atom. The van der Waals surface area contributed by atoms with Gasteiger partial charge in [-0.15, -0.1) is 0 Å². The average Bonchev–Trinajstić information content (AvgIpc) is 2.46. The van der Waals surface area contributed by atoms with Crippen molar-refractivity contribution in [1.82, 2.24) is 4.90 Å². The number of nitrogens with one attached hydrogen (secondary N) is 1. The molecule has 0 aliphatic carbocycles. The van der Waals surface area contributed by atoms with Crippen LogP contribution >= 0.6 is 0 Å². The van der Waals surface area contributed by atoms with E-state index in [0.29, 0.717) is 11.8 Å². The van der Waals surface area contributed by atoms with Crippen molar-refractivity contribution >= 4 is 11.6 Å². The van der Waals surface area contributed by atoms with Gasteiger partial charge in [0.2, 0.25) is 0 Å². The van der Waals surface area contributed by atoms with Crippen molar-refractivity contribution in [3.05, 3.63) is 29.8 Å². The van der Waals surface area contributed by atoms with Crippen LogP contribution in [0.15, 0.2) is 24.3 Å². The molecule has 1 aromatic carbocycles. The molecular weight excluding hydrogens is 260 g/mol. The van der Waals surface area contributed by atoms with Crippen LogP contribution in [0, 0.1) is 11.8 Å². The molecule has 0 fully saturated rings. The third-order valence-electron chi connectivity index (χ3n) is 3.66. The molecule has 0 aliphatic heterocycles. The van der Waals surface area contributed by atoms with Gasteiger partial charge in [-0.2, -0.15) is 0 Å². The van der Waals surface area contributed by atoms with Gasteiger partial charge in [-0.25, -0.2) is 0 Å². The predicted octanol–water partition coefficient (Wildman–Crippen LogP) is 4.26. The summed E-state index contributed by atoms with van der Waals surface area (Å²) in [5.41, 5.74) is 1.81. The number of carbonyl (C=O) groups is 1. The number of benzene rings is 1. The zero-order chi connectivity index (χ0) is 15.8. The summed E-state index contributed by atoms with van der Waals surface area (Å²) in [5.74, 6) is 1.39. The van der Waals surface area contributed by atoms with Crippen LogP contribution in [0.4, 0.5) is 5.69 Å². The minimum absolute atomic E-state index is 0.152. The summed E-state index contributed by atoms with van der Waals surface area (Å²) in [5, 5.41) is 3.08. The van der Waals surface area contributed by atoms with Gasteiger partial charge in [0, 0.05) is 31.4 Å². The summed E-state index contributed by atoms with van der Waals surface area (Å²) < 4.78 is 0. The maximum Gasteiger partial charge on any atom is 0.253 e. The summed E-state index contributed by atoms with van der Waals surface area (Å²) in [6.07, 6.45) is 2.11. The van der Waals surface area contributed by atoms with Crippen molar-refractivity contribution in [3.8, 4) is 0 Å². The molecular formula is C18H30N2O. The van der Waals surface area contributed by atoms with Crippen LogP contribution in [0.1, 0.15) is 50.9 Å². The molecule has 0 radical (unpaired) electrons. The van der Waals surface area contributed by atoms with Gasteiger partial charge < -0.3 is 10.2 Å². The van der Waals surface area contributed by atoms with Gasteiger partial charge in [0.05, 0.1) is 0 Å². The molecule has 1 N–H and O–H groups in total. The van der Waals surface area contributed by atoms with Crippen LogP contribution in [0.5, 0.6) is 0 Å². The van der Waals surface area contributed by atoms with E-state index in [9.17, 15) is 4.79 Å². The minimum Gasteiger partial charge on any atom is -0.388 e. The maximum absolute atomic E-state index is 12.7. The lowest BCUT2D eigenvalue weighted by Crippen LogP contribution is -2.34. The molecule has 0 bridgehead atoms. The lowest BCUT2D eigenvalue weighted by molar-refractivity contribution is 0.0741. The molecule has 0 saturated heterocycles. The maximum atomic E-state index is 12.7. The number of hydrogen-bond acceptors (Lipinski definition) is 2. The fraction of sp³-hybridized carbons (Fsp3) is 0.611. The first kappa shape index (κ1) is 17.5. The monoisotopic (exact) mass is 290 g/mol. The van der Waals surface area contributed by atoms with E-state index >= 15 is 0 Å². The Bertz CT molecular complexity index is 411. The summed E-state index contributed by atoms with van der Waals surface area (Å²) in [4.78, 5) is 14.7. The molecule has 0 aromatic heterocycles. The molecule has 0 atom stereocenters. The van der Waals surface area contributed by atoms with Crippen molar-refractivity contribution in [2.75, 3.05) is 25.5 Å². The Labute approximate surface area is 129 Å². The molecule has 0 aliphatic rings. The number of amides is 1. The van der Waals surface area contributed by atoms with Gasteiger partial charge >= 0.3 is 0 Å². The van der Waals surface area contributed by atoms with E-state index in [0.717, 1.165) is 37.2 Å². The van der Waals surface area contributed by atoms with E-state index in [1.54, 1.807) is 0 Å². The fourth-order valence-electron chi connectivity index (χ4n) is 2.11. The highest BCUT2D eigenvalue weighted by Gasteiger charge is 2.16. The molecule has 118 valence electrons. The Balaban J connectivity index is 2.75. The Hall–Kier alpha value is -1.51. The van der Waals surface area contributed by atoms with Crippen molar-refractivity contribution in [1.29, 1.82) is 0 Å². The molecule has 1 amide bonds. The topological polar surface area (TPSA) is 32.3 Å². The van der Waals surface area contributed by atoms with Crippen LogP contribution in [0.25, 0.3) is 0 Å². The van der Waals surface area contributed by atoms with Crippen LogP contribution in [0.2, 0.25) is 0 Å².